The Bertz CT molecular complexity index is 690. The van der Waals surface area contributed by atoms with Gasteiger partial charge in [0.05, 0.1) is 27.5 Å². The number of rotatable bonds is 3. The van der Waals surface area contributed by atoms with Crippen LogP contribution in [0.1, 0.15) is 10.7 Å². The Morgan fingerprint density at radius 1 is 1.33 bits per heavy atom. The summed E-state index contributed by atoms with van der Waals surface area (Å²) in [4.78, 5) is 8.97. The third kappa shape index (κ3) is 2.55. The van der Waals surface area contributed by atoms with Crippen molar-refractivity contribution in [1.29, 1.82) is 0 Å². The van der Waals surface area contributed by atoms with Crippen molar-refractivity contribution in [1.82, 2.24) is 9.97 Å². The van der Waals surface area contributed by atoms with Crippen LogP contribution in [0, 0.1) is 6.92 Å². The molecule has 0 aliphatic rings. The Hall–Kier alpha value is -0.980. The van der Waals surface area contributed by atoms with E-state index in [0.29, 0.717) is 0 Å². The lowest BCUT2D eigenvalue weighted by atomic mass is 10.3. The molecule has 0 atom stereocenters. The molecule has 2 aromatic heterocycles. The molecule has 1 aromatic carbocycles. The van der Waals surface area contributed by atoms with Crippen molar-refractivity contribution < 1.29 is 0 Å². The van der Waals surface area contributed by atoms with E-state index in [4.69, 9.17) is 0 Å². The number of nitrogens with zero attached hydrogens (tertiary/aromatic N) is 2. The monoisotopic (exact) mass is 339 g/mol. The van der Waals surface area contributed by atoms with Crippen LogP contribution >= 0.6 is 38.6 Å². The summed E-state index contributed by atoms with van der Waals surface area (Å²) in [6, 6.07) is 6.15. The first-order valence-electron chi connectivity index (χ1n) is 5.42. The highest BCUT2D eigenvalue weighted by atomic mass is 79.9. The first-order chi connectivity index (χ1) is 8.70. The van der Waals surface area contributed by atoms with E-state index in [9.17, 15) is 0 Å². The number of fused-ring (bicyclic) bond motifs is 1. The normalized spacial score (nSPS) is 11.0. The molecule has 0 spiro atoms. The van der Waals surface area contributed by atoms with Crippen LogP contribution in [0.25, 0.3) is 10.2 Å². The summed E-state index contributed by atoms with van der Waals surface area (Å²) in [6.45, 7) is 2.74. The second-order valence-corrected chi connectivity index (χ2v) is 6.85. The van der Waals surface area contributed by atoms with E-state index in [0.717, 1.165) is 32.4 Å². The number of nitrogens with one attached hydrogen (secondary N) is 1. The van der Waals surface area contributed by atoms with Gasteiger partial charge < -0.3 is 5.32 Å². The van der Waals surface area contributed by atoms with Crippen LogP contribution in [0.15, 0.2) is 28.1 Å². The molecule has 0 fully saturated rings. The molecule has 0 bridgehead atoms. The maximum absolute atomic E-state index is 4.55. The first-order valence-corrected chi connectivity index (χ1v) is 7.90. The van der Waals surface area contributed by atoms with Gasteiger partial charge in [0.2, 0.25) is 0 Å². The lowest BCUT2D eigenvalue weighted by Crippen LogP contribution is -1.98. The van der Waals surface area contributed by atoms with Gasteiger partial charge in [-0.3, -0.25) is 0 Å². The van der Waals surface area contributed by atoms with Crippen molar-refractivity contribution in [3.8, 4) is 0 Å². The molecule has 92 valence electrons. The van der Waals surface area contributed by atoms with Crippen LogP contribution in [0.5, 0.6) is 0 Å². The van der Waals surface area contributed by atoms with E-state index in [1.54, 1.807) is 22.7 Å². The van der Waals surface area contributed by atoms with Crippen molar-refractivity contribution in [3.05, 3.63) is 38.8 Å². The summed E-state index contributed by atoms with van der Waals surface area (Å²) in [6.07, 6.45) is 0. The average Bonchev–Trinajstić information content (AvgIpc) is 2.92. The molecule has 0 aliphatic heterocycles. The molecule has 0 amide bonds. The molecule has 2 heterocycles. The van der Waals surface area contributed by atoms with Crippen LogP contribution in [0.4, 0.5) is 5.13 Å². The number of halogens is 1. The Kier molecular flexibility index (Phi) is 3.32. The minimum absolute atomic E-state index is 0.728. The zero-order chi connectivity index (χ0) is 12.5. The molecule has 3 nitrogen and oxygen atoms in total. The summed E-state index contributed by atoms with van der Waals surface area (Å²) >= 11 is 6.79. The summed E-state index contributed by atoms with van der Waals surface area (Å²) in [5.74, 6) is 0. The molecule has 3 rings (SSSR count). The summed E-state index contributed by atoms with van der Waals surface area (Å²) in [5.41, 5.74) is 2.09. The number of aryl methyl sites for hydroxylation is 1. The van der Waals surface area contributed by atoms with Gasteiger partial charge in [0.25, 0.3) is 0 Å². The molecular weight excluding hydrogens is 330 g/mol. The van der Waals surface area contributed by atoms with E-state index >= 15 is 0 Å². The standard InChI is InChI=1S/C12H10BrN3S2/c1-7-15-9(6-17-7)5-14-12-16-10-4-8(13)2-3-11(10)18-12/h2-4,6H,5H2,1H3,(H,14,16). The number of anilines is 1. The van der Waals surface area contributed by atoms with Crippen LogP contribution in [0.2, 0.25) is 0 Å². The molecule has 0 radical (unpaired) electrons. The second kappa shape index (κ2) is 4.95. The van der Waals surface area contributed by atoms with Crippen molar-refractivity contribution >= 4 is 54.0 Å². The van der Waals surface area contributed by atoms with Gasteiger partial charge in [-0.1, -0.05) is 27.3 Å². The van der Waals surface area contributed by atoms with Crippen LogP contribution < -0.4 is 5.32 Å². The van der Waals surface area contributed by atoms with Gasteiger partial charge in [0.1, 0.15) is 0 Å². The predicted octanol–water partition coefficient (Wildman–Crippen LogP) is 4.44. The third-order valence-electron chi connectivity index (χ3n) is 2.44. The van der Waals surface area contributed by atoms with Gasteiger partial charge in [-0.25, -0.2) is 9.97 Å². The van der Waals surface area contributed by atoms with Gasteiger partial charge >= 0.3 is 0 Å². The fraction of sp³-hybridized carbons (Fsp3) is 0.167. The Morgan fingerprint density at radius 3 is 3.00 bits per heavy atom. The average molecular weight is 340 g/mol. The topological polar surface area (TPSA) is 37.8 Å². The van der Waals surface area contributed by atoms with Crippen molar-refractivity contribution in [2.45, 2.75) is 13.5 Å². The fourth-order valence-electron chi connectivity index (χ4n) is 1.63. The van der Waals surface area contributed by atoms with Crippen molar-refractivity contribution in [3.63, 3.8) is 0 Å². The summed E-state index contributed by atoms with van der Waals surface area (Å²) in [7, 11) is 0. The molecule has 6 heteroatoms. The zero-order valence-corrected chi connectivity index (χ0v) is 12.8. The lowest BCUT2D eigenvalue weighted by Gasteiger charge is -1.97. The number of thiazole rings is 2. The quantitative estimate of drug-likeness (QED) is 0.766. The van der Waals surface area contributed by atoms with Gasteiger partial charge in [0, 0.05) is 9.85 Å². The van der Waals surface area contributed by atoms with Crippen LogP contribution in [-0.4, -0.2) is 9.97 Å². The lowest BCUT2D eigenvalue weighted by molar-refractivity contribution is 1.05. The molecule has 0 saturated carbocycles. The highest BCUT2D eigenvalue weighted by Gasteiger charge is 2.05. The molecule has 18 heavy (non-hydrogen) atoms. The highest BCUT2D eigenvalue weighted by Crippen LogP contribution is 2.28. The van der Waals surface area contributed by atoms with Gasteiger partial charge in [-0.05, 0) is 25.1 Å². The van der Waals surface area contributed by atoms with E-state index in [1.165, 1.54) is 4.70 Å². The molecule has 0 unspecified atom stereocenters. The molecule has 1 N–H and O–H groups in total. The summed E-state index contributed by atoms with van der Waals surface area (Å²) < 4.78 is 2.25. The highest BCUT2D eigenvalue weighted by molar-refractivity contribution is 9.10. The Morgan fingerprint density at radius 2 is 2.22 bits per heavy atom. The second-order valence-electron chi connectivity index (χ2n) is 3.84. The maximum Gasteiger partial charge on any atom is 0.184 e. The summed E-state index contributed by atoms with van der Waals surface area (Å²) in [5, 5.41) is 7.43. The molecule has 0 aliphatic carbocycles. The zero-order valence-electron chi connectivity index (χ0n) is 9.61. The third-order valence-corrected chi connectivity index (χ3v) is 4.75. The molecule has 0 saturated heterocycles. The smallest absolute Gasteiger partial charge is 0.184 e. The van der Waals surface area contributed by atoms with Crippen LogP contribution in [-0.2, 0) is 6.54 Å². The first kappa shape index (κ1) is 12.1. The van der Waals surface area contributed by atoms with Gasteiger partial charge in [0.15, 0.2) is 5.13 Å². The van der Waals surface area contributed by atoms with E-state index in [2.05, 4.69) is 42.7 Å². The molecular formula is C12H10BrN3S2. The minimum atomic E-state index is 0.728. The van der Waals surface area contributed by atoms with Crippen molar-refractivity contribution in [2.75, 3.05) is 5.32 Å². The van der Waals surface area contributed by atoms with Gasteiger partial charge in [-0.15, -0.1) is 11.3 Å². The maximum atomic E-state index is 4.55. The van der Waals surface area contributed by atoms with E-state index in [-0.39, 0.29) is 0 Å². The Labute approximate surface area is 121 Å². The van der Waals surface area contributed by atoms with Gasteiger partial charge in [-0.2, -0.15) is 0 Å². The van der Waals surface area contributed by atoms with E-state index < -0.39 is 0 Å². The molecule has 3 aromatic rings. The minimum Gasteiger partial charge on any atom is -0.356 e. The SMILES string of the molecule is Cc1nc(CNc2nc3cc(Br)ccc3s2)cs1. The van der Waals surface area contributed by atoms with Crippen LogP contribution in [0.3, 0.4) is 0 Å². The largest absolute Gasteiger partial charge is 0.356 e. The number of aromatic nitrogens is 2. The fourth-order valence-corrected chi connectivity index (χ4v) is 3.44. The number of benzene rings is 1. The number of hydrogen-bond donors (Lipinski definition) is 1. The number of hydrogen-bond acceptors (Lipinski definition) is 5. The van der Waals surface area contributed by atoms with E-state index in [1.807, 2.05) is 19.1 Å². The Balaban J connectivity index is 1.78. The van der Waals surface area contributed by atoms with Crippen molar-refractivity contribution in [2.24, 2.45) is 0 Å². The predicted molar refractivity (Wildman–Crippen MR) is 81.5 cm³/mol.